The normalized spacial score (nSPS) is 12.7. The predicted octanol–water partition coefficient (Wildman–Crippen LogP) is 3.67. The van der Waals surface area contributed by atoms with Crippen molar-refractivity contribution in [1.29, 1.82) is 0 Å². The second kappa shape index (κ2) is 5.62. The van der Waals surface area contributed by atoms with E-state index in [0.29, 0.717) is 0 Å². The third-order valence-corrected chi connectivity index (χ3v) is 4.87. The van der Waals surface area contributed by atoms with Crippen LogP contribution in [-0.4, -0.2) is 8.42 Å². The predicted molar refractivity (Wildman–Crippen MR) is 74.1 cm³/mol. The number of benzene rings is 2. The lowest BCUT2D eigenvalue weighted by molar-refractivity contribution is 0.547. The molecule has 6 heteroatoms. The van der Waals surface area contributed by atoms with E-state index in [-0.39, 0.29) is 4.90 Å². The van der Waals surface area contributed by atoms with Gasteiger partial charge in [0.25, 0.3) is 9.84 Å². The molecule has 0 aliphatic heterocycles. The molecule has 3 nitrogen and oxygen atoms in total. The molecule has 0 N–H and O–H groups in total. The second-order valence-electron chi connectivity index (χ2n) is 4.47. The molecule has 1 atom stereocenters. The molecule has 0 saturated heterocycles. The molecule has 0 aliphatic carbocycles. The van der Waals surface area contributed by atoms with Gasteiger partial charge in [-0.3, -0.25) is 4.85 Å². The minimum atomic E-state index is -4.20. The lowest BCUT2D eigenvalue weighted by Gasteiger charge is -2.10. The van der Waals surface area contributed by atoms with E-state index in [1.165, 1.54) is 12.1 Å². The summed E-state index contributed by atoms with van der Waals surface area (Å²) in [6.45, 7) is 8.83. The lowest BCUT2D eigenvalue weighted by Crippen LogP contribution is -2.14. The number of rotatable bonds is 3. The zero-order chi connectivity index (χ0) is 15.6. The molecular formula is C15H11F2NO2S. The van der Waals surface area contributed by atoms with Crippen LogP contribution < -0.4 is 0 Å². The Morgan fingerprint density at radius 3 is 2.05 bits per heavy atom. The van der Waals surface area contributed by atoms with Crippen LogP contribution in [0.2, 0.25) is 0 Å². The highest BCUT2D eigenvalue weighted by atomic mass is 32.2. The summed E-state index contributed by atoms with van der Waals surface area (Å²) in [5.74, 6) is -2.10. The first-order valence-corrected chi connectivity index (χ1v) is 7.53. The van der Waals surface area contributed by atoms with Crippen LogP contribution in [0, 0.1) is 25.1 Å². The molecule has 0 saturated carbocycles. The van der Waals surface area contributed by atoms with Gasteiger partial charge in [-0.05, 0) is 31.2 Å². The number of aryl methyl sites for hydroxylation is 1. The Hall–Kier alpha value is -2.26. The molecule has 2 aromatic carbocycles. The largest absolute Gasteiger partial charge is 0.355 e. The van der Waals surface area contributed by atoms with E-state index < -0.39 is 32.4 Å². The molecule has 21 heavy (non-hydrogen) atoms. The van der Waals surface area contributed by atoms with Crippen molar-refractivity contribution in [3.8, 4) is 0 Å². The van der Waals surface area contributed by atoms with Crippen molar-refractivity contribution >= 4 is 9.84 Å². The fourth-order valence-electron chi connectivity index (χ4n) is 1.89. The fourth-order valence-corrected chi connectivity index (χ4v) is 3.34. The number of hydrogen-bond donors (Lipinski definition) is 0. The number of hydrogen-bond acceptors (Lipinski definition) is 2. The summed E-state index contributed by atoms with van der Waals surface area (Å²) >= 11 is 0. The van der Waals surface area contributed by atoms with Crippen LogP contribution in [0.1, 0.15) is 16.5 Å². The third-order valence-electron chi connectivity index (χ3n) is 3.01. The highest BCUT2D eigenvalue weighted by molar-refractivity contribution is 7.91. The maximum absolute atomic E-state index is 13.7. The molecule has 0 spiro atoms. The summed E-state index contributed by atoms with van der Waals surface area (Å²) in [5, 5.41) is -1.94. The Kier molecular flexibility index (Phi) is 4.05. The van der Waals surface area contributed by atoms with Gasteiger partial charge < -0.3 is 0 Å². The van der Waals surface area contributed by atoms with Crippen molar-refractivity contribution in [2.45, 2.75) is 17.2 Å². The third kappa shape index (κ3) is 2.78. The van der Waals surface area contributed by atoms with Crippen molar-refractivity contribution in [3.63, 3.8) is 0 Å². The molecule has 108 valence electrons. The van der Waals surface area contributed by atoms with Crippen LogP contribution in [0.4, 0.5) is 8.78 Å². The minimum absolute atomic E-state index is 0.142. The van der Waals surface area contributed by atoms with E-state index in [1.54, 1.807) is 19.1 Å². The zero-order valence-electron chi connectivity index (χ0n) is 11.0. The second-order valence-corrected chi connectivity index (χ2v) is 6.48. The Balaban J connectivity index is 2.61. The van der Waals surface area contributed by atoms with Crippen LogP contribution in [0.25, 0.3) is 4.85 Å². The molecule has 0 radical (unpaired) electrons. The van der Waals surface area contributed by atoms with E-state index in [0.717, 1.165) is 23.8 Å². The van der Waals surface area contributed by atoms with Crippen LogP contribution in [0.3, 0.4) is 0 Å². The maximum atomic E-state index is 13.7. The summed E-state index contributed by atoms with van der Waals surface area (Å²) in [7, 11) is -4.20. The van der Waals surface area contributed by atoms with E-state index in [9.17, 15) is 17.2 Å². The summed E-state index contributed by atoms with van der Waals surface area (Å²) < 4.78 is 52.4. The molecule has 0 aromatic heterocycles. The summed E-state index contributed by atoms with van der Waals surface area (Å²) in [4.78, 5) is 2.79. The molecule has 0 bridgehead atoms. The smallest absolute Gasteiger partial charge is 0.291 e. The minimum Gasteiger partial charge on any atom is -0.291 e. The van der Waals surface area contributed by atoms with Crippen molar-refractivity contribution in [1.82, 2.24) is 0 Å². The van der Waals surface area contributed by atoms with Crippen LogP contribution in [-0.2, 0) is 9.84 Å². The van der Waals surface area contributed by atoms with Crippen LogP contribution in [0.15, 0.2) is 47.4 Å². The van der Waals surface area contributed by atoms with Gasteiger partial charge in [-0.15, -0.1) is 0 Å². The summed E-state index contributed by atoms with van der Waals surface area (Å²) in [6.07, 6.45) is 0. The van der Waals surface area contributed by atoms with Gasteiger partial charge in [0.2, 0.25) is 0 Å². The molecule has 2 rings (SSSR count). The van der Waals surface area contributed by atoms with E-state index in [1.807, 2.05) is 0 Å². The summed E-state index contributed by atoms with van der Waals surface area (Å²) in [5.41, 5.74) is 0.0958. The number of nitrogens with zero attached hydrogens (tertiary/aromatic N) is 1. The molecule has 0 amide bonds. The molecule has 0 fully saturated rings. The molecule has 2 aromatic rings. The van der Waals surface area contributed by atoms with E-state index in [2.05, 4.69) is 4.85 Å². The average molecular weight is 307 g/mol. The van der Waals surface area contributed by atoms with Gasteiger partial charge in [0.05, 0.1) is 4.90 Å². The van der Waals surface area contributed by atoms with Crippen molar-refractivity contribution in [3.05, 3.63) is 76.6 Å². The summed E-state index contributed by atoms with van der Waals surface area (Å²) in [6, 6.07) is 8.75. The van der Waals surface area contributed by atoms with Crippen LogP contribution >= 0.6 is 0 Å². The SMILES string of the molecule is [C-]#[N+]C(c1c(F)cccc1F)S(=O)(=O)c1ccc(C)cc1. The number of halogens is 2. The van der Waals surface area contributed by atoms with Gasteiger partial charge >= 0.3 is 5.37 Å². The van der Waals surface area contributed by atoms with Gasteiger partial charge in [0.1, 0.15) is 17.2 Å². The van der Waals surface area contributed by atoms with Gasteiger partial charge in [-0.25, -0.2) is 23.8 Å². The van der Waals surface area contributed by atoms with E-state index >= 15 is 0 Å². The Bertz CT molecular complexity index is 788. The highest BCUT2D eigenvalue weighted by Crippen LogP contribution is 2.33. The first kappa shape index (κ1) is 15.1. The monoisotopic (exact) mass is 307 g/mol. The average Bonchev–Trinajstić information content (AvgIpc) is 2.43. The maximum Gasteiger partial charge on any atom is 0.355 e. The van der Waals surface area contributed by atoms with Crippen molar-refractivity contribution < 1.29 is 17.2 Å². The molecule has 0 aliphatic rings. The molecule has 1 unspecified atom stereocenters. The Morgan fingerprint density at radius 1 is 1.05 bits per heavy atom. The molecular weight excluding hydrogens is 296 g/mol. The first-order valence-electron chi connectivity index (χ1n) is 5.99. The Morgan fingerprint density at radius 2 is 1.57 bits per heavy atom. The standard InChI is InChI=1S/C15H11F2NO2S/c1-10-6-8-11(9-7-10)21(19,20)15(18-2)14-12(16)4-3-5-13(14)17/h3-9,15H,1H3. The van der Waals surface area contributed by atoms with Crippen molar-refractivity contribution in [2.24, 2.45) is 0 Å². The highest BCUT2D eigenvalue weighted by Gasteiger charge is 2.38. The van der Waals surface area contributed by atoms with Crippen molar-refractivity contribution in [2.75, 3.05) is 0 Å². The quantitative estimate of drug-likeness (QED) is 0.812. The first-order chi connectivity index (χ1) is 9.87. The fraction of sp³-hybridized carbons (Fsp3) is 0.133. The topological polar surface area (TPSA) is 38.5 Å². The zero-order valence-corrected chi connectivity index (χ0v) is 11.9. The Labute approximate surface area is 121 Å². The van der Waals surface area contributed by atoms with Crippen LogP contribution in [0.5, 0.6) is 0 Å². The molecule has 0 heterocycles. The number of sulfone groups is 1. The van der Waals surface area contributed by atoms with E-state index in [4.69, 9.17) is 6.57 Å². The van der Waals surface area contributed by atoms with Gasteiger partial charge in [-0.2, -0.15) is 0 Å². The van der Waals surface area contributed by atoms with Gasteiger partial charge in [0.15, 0.2) is 0 Å². The van der Waals surface area contributed by atoms with Gasteiger partial charge in [-0.1, -0.05) is 23.8 Å². The van der Waals surface area contributed by atoms with Gasteiger partial charge in [0, 0.05) is 0 Å². The lowest BCUT2D eigenvalue weighted by atomic mass is 10.2.